The van der Waals surface area contributed by atoms with Crippen molar-refractivity contribution in [2.75, 3.05) is 27.4 Å². The fraction of sp³-hybridized carbons (Fsp3) is 0.286. The third-order valence-electron chi connectivity index (χ3n) is 4.59. The summed E-state index contributed by atoms with van der Waals surface area (Å²) in [5, 5.41) is 4.55. The Hall–Kier alpha value is -2.50. The van der Waals surface area contributed by atoms with Crippen LogP contribution in [0, 0.1) is 0 Å². The zero-order valence-corrected chi connectivity index (χ0v) is 16.2. The van der Waals surface area contributed by atoms with Gasteiger partial charge in [0.15, 0.2) is 0 Å². The number of H-pyrrole nitrogens is 1. The second-order valence-electron chi connectivity index (χ2n) is 6.28. The molecular weight excluding hydrogens is 364 g/mol. The standard InChI is InChI=1S/C21H23ClN2O3/c1-26-10-9-23-21(25)12-16(15-5-3-4-6-19(15)22)18-13-24-20-8-7-14(27-2)11-17(18)20/h3-8,11,13,16,24H,9-10,12H2,1-2H3,(H,23,25)/t16-/m0/s1. The van der Waals surface area contributed by atoms with Crippen LogP contribution in [0.1, 0.15) is 23.5 Å². The molecule has 2 aromatic carbocycles. The monoisotopic (exact) mass is 386 g/mol. The van der Waals surface area contributed by atoms with Gasteiger partial charge in [0.2, 0.25) is 5.91 Å². The molecule has 1 amide bonds. The van der Waals surface area contributed by atoms with Crippen molar-refractivity contribution in [3.05, 3.63) is 64.8 Å². The summed E-state index contributed by atoms with van der Waals surface area (Å²) in [6, 6.07) is 13.5. The lowest BCUT2D eigenvalue weighted by molar-refractivity contribution is -0.121. The van der Waals surface area contributed by atoms with E-state index in [1.807, 2.05) is 48.7 Å². The molecule has 0 aliphatic heterocycles. The summed E-state index contributed by atoms with van der Waals surface area (Å²) in [6.07, 6.45) is 2.23. The molecule has 142 valence electrons. The van der Waals surface area contributed by atoms with Crippen LogP contribution in [0.15, 0.2) is 48.7 Å². The molecule has 0 unspecified atom stereocenters. The number of hydrogen-bond donors (Lipinski definition) is 2. The highest BCUT2D eigenvalue weighted by Gasteiger charge is 2.23. The number of carbonyl (C=O) groups is 1. The molecule has 3 aromatic rings. The average molecular weight is 387 g/mol. The van der Waals surface area contributed by atoms with Crippen molar-refractivity contribution in [2.45, 2.75) is 12.3 Å². The zero-order valence-electron chi connectivity index (χ0n) is 15.4. The summed E-state index contributed by atoms with van der Waals surface area (Å²) in [5.41, 5.74) is 2.92. The topological polar surface area (TPSA) is 63.3 Å². The van der Waals surface area contributed by atoms with E-state index in [4.69, 9.17) is 21.1 Å². The van der Waals surface area contributed by atoms with Crippen molar-refractivity contribution >= 4 is 28.4 Å². The third-order valence-corrected chi connectivity index (χ3v) is 4.94. The third kappa shape index (κ3) is 4.43. The van der Waals surface area contributed by atoms with Crippen LogP contribution >= 0.6 is 11.6 Å². The molecule has 0 aliphatic carbocycles. The first-order chi connectivity index (χ1) is 13.1. The quantitative estimate of drug-likeness (QED) is 0.572. The summed E-state index contributed by atoms with van der Waals surface area (Å²) >= 11 is 6.47. The SMILES string of the molecule is COCCNC(=O)C[C@@H](c1ccccc1Cl)c1c[nH]c2ccc(OC)cc12. The highest BCUT2D eigenvalue weighted by Crippen LogP contribution is 2.37. The molecule has 1 aromatic heterocycles. The predicted octanol–water partition coefficient (Wildman–Crippen LogP) is 4.11. The van der Waals surface area contributed by atoms with E-state index in [1.165, 1.54) is 0 Å². The minimum Gasteiger partial charge on any atom is -0.497 e. The minimum absolute atomic E-state index is 0.0470. The zero-order chi connectivity index (χ0) is 19.2. The maximum Gasteiger partial charge on any atom is 0.221 e. The second-order valence-corrected chi connectivity index (χ2v) is 6.68. The van der Waals surface area contributed by atoms with Gasteiger partial charge in [0.1, 0.15) is 5.75 Å². The molecule has 0 bridgehead atoms. The lowest BCUT2D eigenvalue weighted by Crippen LogP contribution is -2.28. The molecule has 0 aliphatic rings. The van der Waals surface area contributed by atoms with Gasteiger partial charge in [0, 0.05) is 48.1 Å². The van der Waals surface area contributed by atoms with Gasteiger partial charge in [-0.2, -0.15) is 0 Å². The molecule has 0 saturated carbocycles. The summed E-state index contributed by atoms with van der Waals surface area (Å²) < 4.78 is 10.4. The van der Waals surface area contributed by atoms with Crippen LogP contribution in [0.25, 0.3) is 10.9 Å². The largest absolute Gasteiger partial charge is 0.497 e. The van der Waals surface area contributed by atoms with E-state index < -0.39 is 0 Å². The number of carbonyl (C=O) groups excluding carboxylic acids is 1. The lowest BCUT2D eigenvalue weighted by atomic mass is 9.88. The Labute approximate surface area is 163 Å². The van der Waals surface area contributed by atoms with Crippen molar-refractivity contribution in [1.29, 1.82) is 0 Å². The highest BCUT2D eigenvalue weighted by molar-refractivity contribution is 6.31. The van der Waals surface area contributed by atoms with E-state index in [-0.39, 0.29) is 18.2 Å². The Balaban J connectivity index is 2.00. The number of halogens is 1. The van der Waals surface area contributed by atoms with Crippen molar-refractivity contribution in [3.63, 3.8) is 0 Å². The van der Waals surface area contributed by atoms with Gasteiger partial charge in [0.25, 0.3) is 0 Å². The van der Waals surface area contributed by atoms with Gasteiger partial charge in [-0.05, 0) is 35.4 Å². The van der Waals surface area contributed by atoms with Crippen LogP contribution < -0.4 is 10.1 Å². The molecule has 0 fully saturated rings. The maximum atomic E-state index is 12.5. The number of aromatic amines is 1. The molecule has 1 atom stereocenters. The smallest absolute Gasteiger partial charge is 0.221 e. The molecule has 0 saturated heterocycles. The molecule has 27 heavy (non-hydrogen) atoms. The van der Waals surface area contributed by atoms with Gasteiger partial charge < -0.3 is 19.8 Å². The van der Waals surface area contributed by atoms with E-state index in [0.29, 0.717) is 18.2 Å². The molecular formula is C21H23ClN2O3. The van der Waals surface area contributed by atoms with Crippen LogP contribution in [0.4, 0.5) is 0 Å². The number of aromatic nitrogens is 1. The Bertz CT molecular complexity index is 923. The number of nitrogens with one attached hydrogen (secondary N) is 2. The maximum absolute atomic E-state index is 12.5. The molecule has 1 heterocycles. The van der Waals surface area contributed by atoms with Crippen LogP contribution in [0.3, 0.4) is 0 Å². The van der Waals surface area contributed by atoms with E-state index in [1.54, 1.807) is 14.2 Å². The molecule has 3 rings (SSSR count). The van der Waals surface area contributed by atoms with E-state index in [2.05, 4.69) is 10.3 Å². The average Bonchev–Trinajstić information content (AvgIpc) is 3.10. The normalized spacial score (nSPS) is 12.1. The predicted molar refractivity (Wildman–Crippen MR) is 108 cm³/mol. The second kappa shape index (κ2) is 8.93. The van der Waals surface area contributed by atoms with Gasteiger partial charge in [-0.1, -0.05) is 29.8 Å². The highest BCUT2D eigenvalue weighted by atomic mass is 35.5. The van der Waals surface area contributed by atoms with E-state index in [9.17, 15) is 4.79 Å². The Kier molecular flexibility index (Phi) is 6.37. The first kappa shape index (κ1) is 19.3. The Morgan fingerprint density at radius 1 is 1.19 bits per heavy atom. The number of fused-ring (bicyclic) bond motifs is 1. The minimum atomic E-state index is -0.179. The van der Waals surface area contributed by atoms with Gasteiger partial charge in [0.05, 0.1) is 13.7 Å². The van der Waals surface area contributed by atoms with Crippen molar-refractivity contribution in [1.82, 2.24) is 10.3 Å². The number of amides is 1. The molecule has 0 spiro atoms. The number of methoxy groups -OCH3 is 2. The lowest BCUT2D eigenvalue weighted by Gasteiger charge is -2.18. The van der Waals surface area contributed by atoms with Crippen LogP contribution in [0.2, 0.25) is 5.02 Å². The van der Waals surface area contributed by atoms with Gasteiger partial charge in [-0.3, -0.25) is 4.79 Å². The number of benzene rings is 2. The van der Waals surface area contributed by atoms with Gasteiger partial charge in [-0.25, -0.2) is 0 Å². The van der Waals surface area contributed by atoms with Crippen molar-refractivity contribution in [2.24, 2.45) is 0 Å². The van der Waals surface area contributed by atoms with E-state index >= 15 is 0 Å². The summed E-state index contributed by atoms with van der Waals surface area (Å²) in [6.45, 7) is 0.957. The Morgan fingerprint density at radius 2 is 2.00 bits per heavy atom. The summed E-state index contributed by atoms with van der Waals surface area (Å²) in [4.78, 5) is 15.8. The number of rotatable bonds is 8. The first-order valence-electron chi connectivity index (χ1n) is 8.79. The van der Waals surface area contributed by atoms with Crippen molar-refractivity contribution in [3.8, 4) is 5.75 Å². The van der Waals surface area contributed by atoms with Crippen LogP contribution in [-0.4, -0.2) is 38.3 Å². The van der Waals surface area contributed by atoms with E-state index in [0.717, 1.165) is 27.8 Å². The number of ether oxygens (including phenoxy) is 2. The fourth-order valence-corrected chi connectivity index (χ4v) is 3.50. The molecule has 2 N–H and O–H groups in total. The Morgan fingerprint density at radius 3 is 2.74 bits per heavy atom. The van der Waals surface area contributed by atoms with Gasteiger partial charge >= 0.3 is 0 Å². The van der Waals surface area contributed by atoms with Crippen LogP contribution in [0.5, 0.6) is 5.75 Å². The van der Waals surface area contributed by atoms with Crippen LogP contribution in [-0.2, 0) is 9.53 Å². The summed E-state index contributed by atoms with van der Waals surface area (Å²) in [5.74, 6) is 0.544. The van der Waals surface area contributed by atoms with Crippen molar-refractivity contribution < 1.29 is 14.3 Å². The first-order valence-corrected chi connectivity index (χ1v) is 9.17. The molecule has 0 radical (unpaired) electrons. The molecule has 6 heteroatoms. The number of hydrogen-bond acceptors (Lipinski definition) is 3. The summed E-state index contributed by atoms with van der Waals surface area (Å²) in [7, 11) is 3.25. The fourth-order valence-electron chi connectivity index (χ4n) is 3.23. The molecule has 5 nitrogen and oxygen atoms in total. The van der Waals surface area contributed by atoms with Gasteiger partial charge in [-0.15, -0.1) is 0 Å².